The largest absolute Gasteiger partial charge is 0.444 e. The van der Waals surface area contributed by atoms with Crippen molar-refractivity contribution < 1.29 is 14.3 Å². The normalized spacial score (nSPS) is 23.9. The maximum absolute atomic E-state index is 12.4. The van der Waals surface area contributed by atoms with Crippen LogP contribution in [0.5, 0.6) is 0 Å². The zero-order valence-corrected chi connectivity index (χ0v) is 13.4. The van der Waals surface area contributed by atoms with Crippen molar-refractivity contribution in [3.05, 3.63) is 0 Å². The van der Waals surface area contributed by atoms with E-state index in [1.165, 1.54) is 0 Å². The average molecular weight is 297 g/mol. The second kappa shape index (κ2) is 6.64. The highest BCUT2D eigenvalue weighted by atomic mass is 16.6. The maximum atomic E-state index is 12.4. The van der Waals surface area contributed by atoms with E-state index in [0.717, 1.165) is 32.4 Å². The lowest BCUT2D eigenvalue weighted by atomic mass is 10.2. The Morgan fingerprint density at radius 2 is 1.71 bits per heavy atom. The van der Waals surface area contributed by atoms with Crippen LogP contribution in [0.4, 0.5) is 4.79 Å². The third kappa shape index (κ3) is 4.59. The molecular weight excluding hydrogens is 270 g/mol. The number of hydrogen-bond donors (Lipinski definition) is 1. The molecule has 120 valence electrons. The van der Waals surface area contributed by atoms with E-state index in [1.807, 2.05) is 25.7 Å². The zero-order chi connectivity index (χ0) is 15.5. The topological polar surface area (TPSA) is 61.9 Å². The van der Waals surface area contributed by atoms with E-state index < -0.39 is 5.60 Å². The van der Waals surface area contributed by atoms with Crippen LogP contribution < -0.4 is 5.32 Å². The molecule has 2 heterocycles. The van der Waals surface area contributed by atoms with Crippen LogP contribution in [0.15, 0.2) is 0 Å². The summed E-state index contributed by atoms with van der Waals surface area (Å²) >= 11 is 0. The van der Waals surface area contributed by atoms with E-state index in [-0.39, 0.29) is 18.0 Å². The van der Waals surface area contributed by atoms with Crippen molar-refractivity contribution >= 4 is 12.0 Å². The molecule has 0 bridgehead atoms. The first-order valence-corrected chi connectivity index (χ1v) is 7.87. The number of amides is 2. The highest BCUT2D eigenvalue weighted by Crippen LogP contribution is 2.14. The quantitative estimate of drug-likeness (QED) is 0.790. The number of nitrogens with zero attached hydrogens (tertiary/aromatic N) is 2. The average Bonchev–Trinajstić information content (AvgIpc) is 2.80. The molecule has 0 saturated carbocycles. The van der Waals surface area contributed by atoms with Gasteiger partial charge in [0.25, 0.3) is 0 Å². The van der Waals surface area contributed by atoms with Crippen molar-refractivity contribution in [2.45, 2.75) is 51.7 Å². The summed E-state index contributed by atoms with van der Waals surface area (Å²) in [6.45, 7) is 9.03. The van der Waals surface area contributed by atoms with Crippen LogP contribution in [0.1, 0.15) is 40.0 Å². The Labute approximate surface area is 126 Å². The Morgan fingerprint density at radius 1 is 1.05 bits per heavy atom. The molecule has 2 amide bonds. The van der Waals surface area contributed by atoms with Crippen LogP contribution in [0.25, 0.3) is 0 Å². The number of carbonyl (C=O) groups excluding carboxylic acids is 2. The summed E-state index contributed by atoms with van der Waals surface area (Å²) < 4.78 is 5.40. The summed E-state index contributed by atoms with van der Waals surface area (Å²) in [5.74, 6) is 0.179. The lowest BCUT2D eigenvalue weighted by Gasteiger charge is -2.27. The van der Waals surface area contributed by atoms with Gasteiger partial charge in [-0.1, -0.05) is 0 Å². The predicted octanol–water partition coefficient (Wildman–Crippen LogP) is 1.21. The van der Waals surface area contributed by atoms with E-state index >= 15 is 0 Å². The number of ether oxygens (including phenoxy) is 1. The van der Waals surface area contributed by atoms with E-state index in [2.05, 4.69) is 5.32 Å². The van der Waals surface area contributed by atoms with E-state index in [9.17, 15) is 9.59 Å². The third-order valence-electron chi connectivity index (χ3n) is 3.82. The molecule has 0 radical (unpaired) electrons. The van der Waals surface area contributed by atoms with Gasteiger partial charge in [-0.3, -0.25) is 4.79 Å². The van der Waals surface area contributed by atoms with Gasteiger partial charge in [-0.25, -0.2) is 4.79 Å². The standard InChI is InChI=1S/C15H27N3O3/c1-15(2,3)21-14(20)18-9-5-8-17(10-11-18)13(19)12-6-4-7-16-12/h12,16H,4-11H2,1-3H3. The second-order valence-corrected chi connectivity index (χ2v) is 6.80. The Morgan fingerprint density at radius 3 is 2.33 bits per heavy atom. The molecule has 1 N–H and O–H groups in total. The molecule has 1 atom stereocenters. The number of rotatable bonds is 1. The van der Waals surface area contributed by atoms with E-state index in [1.54, 1.807) is 4.90 Å². The molecule has 6 nitrogen and oxygen atoms in total. The molecule has 0 aromatic rings. The highest BCUT2D eigenvalue weighted by molar-refractivity contribution is 5.82. The first-order valence-electron chi connectivity index (χ1n) is 7.87. The van der Waals surface area contributed by atoms with Crippen molar-refractivity contribution in [3.63, 3.8) is 0 Å². The second-order valence-electron chi connectivity index (χ2n) is 6.80. The molecule has 0 aromatic heterocycles. The van der Waals surface area contributed by atoms with Crippen molar-refractivity contribution in [3.8, 4) is 0 Å². The van der Waals surface area contributed by atoms with Crippen molar-refractivity contribution in [2.24, 2.45) is 0 Å². The molecular formula is C15H27N3O3. The molecule has 2 saturated heterocycles. The van der Waals surface area contributed by atoms with Crippen molar-refractivity contribution in [1.82, 2.24) is 15.1 Å². The molecule has 1 unspecified atom stereocenters. The minimum absolute atomic E-state index is 0.0296. The van der Waals surface area contributed by atoms with E-state index in [0.29, 0.717) is 19.6 Å². The summed E-state index contributed by atoms with van der Waals surface area (Å²) in [4.78, 5) is 28.1. The lowest BCUT2D eigenvalue weighted by Crippen LogP contribution is -2.45. The Kier molecular flexibility index (Phi) is 5.08. The Hall–Kier alpha value is -1.30. The fourth-order valence-corrected chi connectivity index (χ4v) is 2.76. The molecule has 0 spiro atoms. The molecule has 2 rings (SSSR count). The number of hydrogen-bond acceptors (Lipinski definition) is 4. The molecule has 0 aliphatic carbocycles. The predicted molar refractivity (Wildman–Crippen MR) is 80.0 cm³/mol. The van der Waals surface area contributed by atoms with Crippen LogP contribution in [0, 0.1) is 0 Å². The van der Waals surface area contributed by atoms with Crippen LogP contribution in [-0.4, -0.2) is 66.2 Å². The first-order chi connectivity index (χ1) is 9.87. The van der Waals surface area contributed by atoms with Gasteiger partial charge in [0.1, 0.15) is 5.60 Å². The lowest BCUT2D eigenvalue weighted by molar-refractivity contribution is -0.132. The molecule has 2 aliphatic rings. The van der Waals surface area contributed by atoms with Crippen LogP contribution >= 0.6 is 0 Å². The number of carbonyl (C=O) groups is 2. The Bertz CT molecular complexity index is 386. The fourth-order valence-electron chi connectivity index (χ4n) is 2.76. The molecule has 2 aliphatic heterocycles. The summed E-state index contributed by atoms with van der Waals surface area (Å²) in [7, 11) is 0. The molecule has 21 heavy (non-hydrogen) atoms. The van der Waals surface area contributed by atoms with Gasteiger partial charge in [-0.15, -0.1) is 0 Å². The van der Waals surface area contributed by atoms with Crippen molar-refractivity contribution in [2.75, 3.05) is 32.7 Å². The third-order valence-corrected chi connectivity index (χ3v) is 3.82. The minimum atomic E-state index is -0.480. The van der Waals surface area contributed by atoms with Gasteiger partial charge in [0.05, 0.1) is 6.04 Å². The van der Waals surface area contributed by atoms with Crippen molar-refractivity contribution in [1.29, 1.82) is 0 Å². The highest BCUT2D eigenvalue weighted by Gasteiger charge is 2.30. The molecule has 0 aromatic carbocycles. The van der Waals surface area contributed by atoms with Crippen LogP contribution in [0.2, 0.25) is 0 Å². The summed E-state index contributed by atoms with van der Waals surface area (Å²) in [6.07, 6.45) is 2.51. The van der Waals surface area contributed by atoms with Gasteiger partial charge < -0.3 is 19.9 Å². The van der Waals surface area contributed by atoms with Crippen LogP contribution in [-0.2, 0) is 9.53 Å². The zero-order valence-electron chi connectivity index (χ0n) is 13.4. The molecule has 2 fully saturated rings. The smallest absolute Gasteiger partial charge is 0.410 e. The van der Waals surface area contributed by atoms with Gasteiger partial charge >= 0.3 is 6.09 Å². The Balaban J connectivity index is 1.86. The van der Waals surface area contributed by atoms with E-state index in [4.69, 9.17) is 4.74 Å². The van der Waals surface area contributed by atoms with Gasteiger partial charge in [-0.05, 0) is 46.6 Å². The SMILES string of the molecule is CC(C)(C)OC(=O)N1CCCN(C(=O)C2CCCN2)CC1. The molecule has 6 heteroatoms. The summed E-state index contributed by atoms with van der Waals surface area (Å²) in [6, 6.07) is -0.0296. The summed E-state index contributed by atoms with van der Waals surface area (Å²) in [5.41, 5.74) is -0.480. The monoisotopic (exact) mass is 297 g/mol. The maximum Gasteiger partial charge on any atom is 0.410 e. The minimum Gasteiger partial charge on any atom is -0.444 e. The van der Waals surface area contributed by atoms with Gasteiger partial charge in [0.15, 0.2) is 0 Å². The first kappa shape index (κ1) is 16.1. The summed E-state index contributed by atoms with van der Waals surface area (Å²) in [5, 5.41) is 3.24. The van der Waals surface area contributed by atoms with Gasteiger partial charge in [0.2, 0.25) is 5.91 Å². The number of nitrogens with one attached hydrogen (secondary N) is 1. The van der Waals surface area contributed by atoms with Gasteiger partial charge in [0, 0.05) is 26.2 Å². The van der Waals surface area contributed by atoms with Gasteiger partial charge in [-0.2, -0.15) is 0 Å². The van der Waals surface area contributed by atoms with Crippen LogP contribution in [0.3, 0.4) is 0 Å². The fraction of sp³-hybridized carbons (Fsp3) is 0.867.